The van der Waals surface area contributed by atoms with Crippen LogP contribution in [0.4, 0.5) is 19.0 Å². The summed E-state index contributed by atoms with van der Waals surface area (Å²) < 4.78 is 55.5. The summed E-state index contributed by atoms with van der Waals surface area (Å²) in [4.78, 5) is 2.36. The first-order valence-corrected chi connectivity index (χ1v) is 11.4. The number of nitrogens with zero attached hydrogens (tertiary/aromatic N) is 3. The summed E-state index contributed by atoms with van der Waals surface area (Å²) in [5.41, 5.74) is -0.164. The van der Waals surface area contributed by atoms with Crippen molar-refractivity contribution in [3.05, 3.63) is 41.7 Å². The van der Waals surface area contributed by atoms with Crippen LogP contribution in [0.1, 0.15) is 34.0 Å². The summed E-state index contributed by atoms with van der Waals surface area (Å²) in [5.74, 6) is -1.25. The molecular formula is C24H29F3N4O. The Labute approximate surface area is 187 Å². The molecular weight excluding hydrogens is 417 g/mol. The Balaban J connectivity index is 1.19. The van der Waals surface area contributed by atoms with Crippen molar-refractivity contribution in [3.8, 4) is 11.3 Å². The number of nitrogens with one attached hydrogen (secondary N) is 1. The van der Waals surface area contributed by atoms with Crippen LogP contribution in [0.25, 0.3) is 11.3 Å². The zero-order chi connectivity index (χ0) is 23.2. The predicted octanol–water partition coefficient (Wildman–Crippen LogP) is 4.50. The Morgan fingerprint density at radius 3 is 2.47 bits per heavy atom. The molecule has 0 amide bonds. The van der Waals surface area contributed by atoms with Gasteiger partial charge in [-0.25, -0.2) is 13.2 Å². The third kappa shape index (κ3) is 4.35. The highest BCUT2D eigenvalue weighted by molar-refractivity contribution is 5.60. The zero-order valence-corrected chi connectivity index (χ0v) is 18.2. The van der Waals surface area contributed by atoms with E-state index in [1.165, 1.54) is 6.07 Å². The lowest BCUT2D eigenvalue weighted by Crippen LogP contribution is -2.40. The third-order valence-electron chi connectivity index (χ3n) is 7.35. The van der Waals surface area contributed by atoms with E-state index in [0.29, 0.717) is 29.6 Å². The van der Waals surface area contributed by atoms with Crippen LogP contribution in [0.3, 0.4) is 0 Å². The van der Waals surface area contributed by atoms with Crippen molar-refractivity contribution in [1.29, 1.82) is 0 Å². The number of hydrogen-bond acceptors (Lipinski definition) is 5. The SMILES string of the molecule is [2H]C(C)(C1CCOCC1)N1C[C@H]2CC(Nc3ccc(-c4cc(F)cc(F)c4F)nn3)C[C@H]2C1. The van der Waals surface area contributed by atoms with E-state index >= 15 is 0 Å². The molecule has 32 heavy (non-hydrogen) atoms. The average Bonchev–Trinajstić information content (AvgIpc) is 3.37. The van der Waals surface area contributed by atoms with Gasteiger partial charge in [0.05, 0.1) is 5.69 Å². The fraction of sp³-hybridized carbons (Fsp3) is 0.583. The van der Waals surface area contributed by atoms with Gasteiger partial charge in [-0.3, -0.25) is 4.90 Å². The maximum absolute atomic E-state index is 14.0. The number of benzene rings is 1. The van der Waals surface area contributed by atoms with Crippen LogP contribution in [-0.4, -0.2) is 53.5 Å². The van der Waals surface area contributed by atoms with E-state index in [1.54, 1.807) is 6.07 Å². The fourth-order valence-corrected chi connectivity index (χ4v) is 5.58. The number of aromatic nitrogens is 2. The summed E-state index contributed by atoms with van der Waals surface area (Å²) in [5, 5.41) is 11.5. The number of anilines is 1. The minimum Gasteiger partial charge on any atom is -0.381 e. The van der Waals surface area contributed by atoms with Gasteiger partial charge in [-0.05, 0) is 68.6 Å². The van der Waals surface area contributed by atoms with Gasteiger partial charge in [0, 0.05) is 51.4 Å². The first-order chi connectivity index (χ1) is 15.8. The molecule has 2 saturated heterocycles. The molecule has 172 valence electrons. The number of fused-ring (bicyclic) bond motifs is 1. The van der Waals surface area contributed by atoms with Crippen molar-refractivity contribution >= 4 is 5.82 Å². The number of likely N-dealkylation sites (tertiary alicyclic amines) is 1. The minimum atomic E-state index is -1.25. The molecule has 3 heterocycles. The van der Waals surface area contributed by atoms with Gasteiger partial charge in [0.2, 0.25) is 0 Å². The smallest absolute Gasteiger partial charge is 0.168 e. The van der Waals surface area contributed by atoms with E-state index in [4.69, 9.17) is 6.11 Å². The standard InChI is InChI=1S/C24H29F3N4O/c1-14(15-4-6-32-7-5-15)31-12-16-8-19(9-17(16)13-31)28-23-3-2-22(29-30-23)20-10-18(25)11-21(26)24(20)27/h2-3,10-11,14-17,19H,4-9,12-13H2,1H3,(H,28,30)/t14?,16-,17+,19?/i14D. The zero-order valence-electron chi connectivity index (χ0n) is 19.2. The molecule has 1 aromatic heterocycles. The second-order valence-electron chi connectivity index (χ2n) is 9.32. The summed E-state index contributed by atoms with van der Waals surface area (Å²) in [6, 6.07) is 4.31. The van der Waals surface area contributed by atoms with E-state index in [0.717, 1.165) is 58.1 Å². The highest BCUT2D eigenvalue weighted by Crippen LogP contribution is 2.41. The number of halogens is 3. The molecule has 3 fully saturated rings. The molecule has 2 aliphatic heterocycles. The maximum atomic E-state index is 14.0. The molecule has 1 saturated carbocycles. The largest absolute Gasteiger partial charge is 0.381 e. The van der Waals surface area contributed by atoms with E-state index in [2.05, 4.69) is 27.3 Å². The van der Waals surface area contributed by atoms with Gasteiger partial charge >= 0.3 is 0 Å². The monoisotopic (exact) mass is 447 g/mol. The summed E-state index contributed by atoms with van der Waals surface area (Å²) in [6.45, 7) is 5.45. The summed E-state index contributed by atoms with van der Waals surface area (Å²) >= 11 is 0. The van der Waals surface area contributed by atoms with Gasteiger partial charge in [0.15, 0.2) is 11.6 Å². The van der Waals surface area contributed by atoms with Gasteiger partial charge in [-0.2, -0.15) is 0 Å². The topological polar surface area (TPSA) is 50.3 Å². The predicted molar refractivity (Wildman–Crippen MR) is 116 cm³/mol. The van der Waals surface area contributed by atoms with Gasteiger partial charge in [-0.15, -0.1) is 10.2 Å². The van der Waals surface area contributed by atoms with Crippen LogP contribution in [0.15, 0.2) is 24.3 Å². The van der Waals surface area contributed by atoms with Crippen LogP contribution in [-0.2, 0) is 4.74 Å². The van der Waals surface area contributed by atoms with Crippen molar-refractivity contribution in [3.63, 3.8) is 0 Å². The third-order valence-corrected chi connectivity index (χ3v) is 7.35. The molecule has 5 nitrogen and oxygen atoms in total. The molecule has 1 N–H and O–H groups in total. The second kappa shape index (κ2) is 8.98. The number of rotatable bonds is 5. The molecule has 8 heteroatoms. The van der Waals surface area contributed by atoms with Gasteiger partial charge < -0.3 is 10.1 Å². The molecule has 3 aliphatic rings. The Morgan fingerprint density at radius 2 is 1.81 bits per heavy atom. The Bertz CT molecular complexity index is 986. The van der Waals surface area contributed by atoms with Crippen LogP contribution in [0, 0.1) is 35.2 Å². The summed E-state index contributed by atoms with van der Waals surface area (Å²) in [6.07, 6.45) is 3.91. The Morgan fingerprint density at radius 1 is 1.09 bits per heavy atom. The highest BCUT2D eigenvalue weighted by atomic mass is 19.2. The van der Waals surface area contributed by atoms with E-state index in [-0.39, 0.29) is 17.3 Å². The fourth-order valence-electron chi connectivity index (χ4n) is 5.58. The average molecular weight is 448 g/mol. The first kappa shape index (κ1) is 20.4. The Hall–Kier alpha value is -2.19. The molecule has 2 unspecified atom stereocenters. The van der Waals surface area contributed by atoms with Crippen LogP contribution >= 0.6 is 0 Å². The van der Waals surface area contributed by atoms with E-state index < -0.39 is 23.5 Å². The highest BCUT2D eigenvalue weighted by Gasteiger charge is 2.43. The van der Waals surface area contributed by atoms with Crippen LogP contribution in [0.5, 0.6) is 0 Å². The molecule has 4 atom stereocenters. The van der Waals surface area contributed by atoms with Crippen molar-refractivity contribution < 1.29 is 19.3 Å². The molecule has 1 aliphatic carbocycles. The lowest BCUT2D eigenvalue weighted by Gasteiger charge is -2.35. The Kier molecular flexibility index (Phi) is 5.73. The second-order valence-corrected chi connectivity index (χ2v) is 9.32. The number of ether oxygens (including phenoxy) is 1. The minimum absolute atomic E-state index is 0.0817. The molecule has 0 radical (unpaired) electrons. The van der Waals surface area contributed by atoms with Gasteiger partial charge in [0.25, 0.3) is 0 Å². The first-order valence-electron chi connectivity index (χ1n) is 11.9. The lowest BCUT2D eigenvalue weighted by molar-refractivity contribution is 0.0338. The quantitative estimate of drug-likeness (QED) is 0.684. The molecule has 2 aromatic rings. The van der Waals surface area contributed by atoms with E-state index in [1.807, 2.05) is 0 Å². The molecule has 1 aromatic carbocycles. The van der Waals surface area contributed by atoms with Gasteiger partial charge in [0.1, 0.15) is 11.6 Å². The van der Waals surface area contributed by atoms with Crippen molar-refractivity contribution in [2.75, 3.05) is 31.6 Å². The van der Waals surface area contributed by atoms with Crippen molar-refractivity contribution in [2.24, 2.45) is 17.8 Å². The van der Waals surface area contributed by atoms with E-state index in [9.17, 15) is 13.2 Å². The van der Waals surface area contributed by atoms with Crippen molar-refractivity contribution in [1.82, 2.24) is 15.1 Å². The van der Waals surface area contributed by atoms with Gasteiger partial charge in [-0.1, -0.05) is 0 Å². The lowest BCUT2D eigenvalue weighted by atomic mass is 9.92. The van der Waals surface area contributed by atoms with Crippen LogP contribution in [0.2, 0.25) is 0 Å². The maximum Gasteiger partial charge on any atom is 0.168 e. The molecule has 0 bridgehead atoms. The normalized spacial score (nSPS) is 28.9. The molecule has 5 rings (SSSR count). The van der Waals surface area contributed by atoms with Crippen LogP contribution < -0.4 is 5.32 Å². The summed E-state index contributed by atoms with van der Waals surface area (Å²) in [7, 11) is 0. The number of hydrogen-bond donors (Lipinski definition) is 1. The molecule has 0 spiro atoms. The van der Waals surface area contributed by atoms with Crippen molar-refractivity contribution in [2.45, 2.75) is 44.7 Å².